The topological polar surface area (TPSA) is 77.6 Å². The van der Waals surface area contributed by atoms with Crippen molar-refractivity contribution in [1.82, 2.24) is 4.98 Å². The van der Waals surface area contributed by atoms with Gasteiger partial charge in [0, 0.05) is 47.5 Å². The van der Waals surface area contributed by atoms with Crippen molar-refractivity contribution in [3.63, 3.8) is 0 Å². The molecule has 0 unspecified atom stereocenters. The average Bonchev–Trinajstić information content (AvgIpc) is 3.25. The molecule has 1 saturated heterocycles. The van der Waals surface area contributed by atoms with Crippen LogP contribution in [0, 0.1) is 5.92 Å². The van der Waals surface area contributed by atoms with E-state index in [1.165, 1.54) is 13.8 Å². The summed E-state index contributed by atoms with van der Waals surface area (Å²) in [5, 5.41) is 1.81. The standard InChI is InChI=1S/C28H23Cl2NO5/c1-28(2)35-26(32)25(27(33)36-28)24(19-14-31-22-10-6-4-8-18(19)22)16-11-12-23(21(30)13-16)34-15-17-7-3-5-9-20(17)29/h3-14,24-25,31H,15H2,1-2H3/t24-/m0/s1. The molecule has 0 amide bonds. The highest BCUT2D eigenvalue weighted by molar-refractivity contribution is 6.32. The second kappa shape index (κ2) is 9.52. The van der Waals surface area contributed by atoms with Crippen molar-refractivity contribution in [3.05, 3.63) is 99.7 Å². The van der Waals surface area contributed by atoms with Crippen molar-refractivity contribution in [1.29, 1.82) is 0 Å². The summed E-state index contributed by atoms with van der Waals surface area (Å²) in [5.41, 5.74) is 3.10. The Labute approximate surface area is 218 Å². The SMILES string of the molecule is CC1(C)OC(=O)C([C@@H](c2ccc(OCc3ccccc3Cl)c(Cl)c2)c2c[nH]c3ccccc23)C(=O)O1. The van der Waals surface area contributed by atoms with Crippen LogP contribution in [0.25, 0.3) is 10.9 Å². The fourth-order valence-corrected chi connectivity index (χ4v) is 4.94. The number of carbonyl (C=O) groups is 2. The Morgan fingerprint density at radius 1 is 0.944 bits per heavy atom. The summed E-state index contributed by atoms with van der Waals surface area (Å²) in [4.78, 5) is 29.4. The van der Waals surface area contributed by atoms with Gasteiger partial charge in [0.2, 0.25) is 0 Å². The van der Waals surface area contributed by atoms with Crippen molar-refractivity contribution in [2.75, 3.05) is 0 Å². The van der Waals surface area contributed by atoms with Crippen LogP contribution in [0.5, 0.6) is 5.75 Å². The van der Waals surface area contributed by atoms with E-state index in [4.69, 9.17) is 37.4 Å². The van der Waals surface area contributed by atoms with E-state index in [0.29, 0.717) is 21.4 Å². The molecule has 8 heteroatoms. The zero-order valence-corrected chi connectivity index (χ0v) is 21.1. The number of aromatic nitrogens is 1. The second-order valence-electron chi connectivity index (χ2n) is 9.06. The van der Waals surface area contributed by atoms with Gasteiger partial charge in [-0.2, -0.15) is 0 Å². The van der Waals surface area contributed by atoms with E-state index < -0.39 is 29.6 Å². The fourth-order valence-electron chi connectivity index (χ4n) is 4.50. The number of hydrogen-bond acceptors (Lipinski definition) is 5. The number of ether oxygens (including phenoxy) is 3. The van der Waals surface area contributed by atoms with Crippen molar-refractivity contribution in [3.8, 4) is 5.75 Å². The van der Waals surface area contributed by atoms with E-state index in [1.807, 2.05) is 42.5 Å². The van der Waals surface area contributed by atoms with Gasteiger partial charge in [-0.05, 0) is 35.4 Å². The molecule has 0 saturated carbocycles. The zero-order chi connectivity index (χ0) is 25.4. The van der Waals surface area contributed by atoms with Gasteiger partial charge < -0.3 is 19.2 Å². The smallest absolute Gasteiger partial charge is 0.324 e. The Hall–Kier alpha value is -3.48. The third-order valence-electron chi connectivity index (χ3n) is 6.15. The molecule has 0 aliphatic carbocycles. The third-order valence-corrected chi connectivity index (χ3v) is 6.81. The Bertz CT molecular complexity index is 1440. The van der Waals surface area contributed by atoms with Crippen LogP contribution in [0.15, 0.2) is 72.9 Å². The second-order valence-corrected chi connectivity index (χ2v) is 9.87. The Morgan fingerprint density at radius 3 is 2.36 bits per heavy atom. The van der Waals surface area contributed by atoms with Gasteiger partial charge in [0.25, 0.3) is 5.79 Å². The third kappa shape index (κ3) is 4.66. The zero-order valence-electron chi connectivity index (χ0n) is 19.6. The minimum Gasteiger partial charge on any atom is -0.487 e. The summed E-state index contributed by atoms with van der Waals surface area (Å²) in [7, 11) is 0. The molecule has 1 aliphatic rings. The van der Waals surface area contributed by atoms with Crippen molar-refractivity contribution in [2.24, 2.45) is 5.92 Å². The number of carbonyl (C=O) groups excluding carboxylic acids is 2. The van der Waals surface area contributed by atoms with Crippen molar-refractivity contribution >= 4 is 46.0 Å². The van der Waals surface area contributed by atoms with Gasteiger partial charge in [0.15, 0.2) is 5.92 Å². The molecule has 0 spiro atoms. The Kier molecular flexibility index (Phi) is 6.41. The maximum atomic E-state index is 13.1. The molecule has 6 nitrogen and oxygen atoms in total. The lowest BCUT2D eigenvalue weighted by Gasteiger charge is -2.36. The number of benzene rings is 3. The van der Waals surface area contributed by atoms with E-state index in [9.17, 15) is 9.59 Å². The predicted molar refractivity (Wildman–Crippen MR) is 137 cm³/mol. The summed E-state index contributed by atoms with van der Waals surface area (Å²) >= 11 is 12.8. The quantitative estimate of drug-likeness (QED) is 0.226. The molecule has 1 aromatic heterocycles. The van der Waals surface area contributed by atoms with Gasteiger partial charge >= 0.3 is 11.9 Å². The molecule has 0 bridgehead atoms. The van der Waals surface area contributed by atoms with E-state index in [1.54, 1.807) is 30.5 Å². The number of aromatic amines is 1. The summed E-state index contributed by atoms with van der Waals surface area (Å²) in [6.07, 6.45) is 1.80. The number of rotatable bonds is 6. The molecule has 5 rings (SSSR count). The molecule has 2 heterocycles. The number of halogens is 2. The first kappa shape index (κ1) is 24.2. The molecular formula is C28H23Cl2NO5. The van der Waals surface area contributed by atoms with Gasteiger partial charge in [0.1, 0.15) is 12.4 Å². The van der Waals surface area contributed by atoms with Crippen LogP contribution in [-0.2, 0) is 25.7 Å². The van der Waals surface area contributed by atoms with Crippen LogP contribution in [0.1, 0.15) is 36.5 Å². The number of nitrogens with one attached hydrogen (secondary N) is 1. The number of fused-ring (bicyclic) bond motifs is 1. The molecular weight excluding hydrogens is 501 g/mol. The predicted octanol–water partition coefficient (Wildman–Crippen LogP) is 6.64. The summed E-state index contributed by atoms with van der Waals surface area (Å²) in [6, 6.07) is 20.3. The van der Waals surface area contributed by atoms with Crippen LogP contribution in [0.2, 0.25) is 10.0 Å². The highest BCUT2D eigenvalue weighted by atomic mass is 35.5. The summed E-state index contributed by atoms with van der Waals surface area (Å²) in [6.45, 7) is 3.30. The van der Waals surface area contributed by atoms with Gasteiger partial charge in [-0.15, -0.1) is 0 Å². The molecule has 4 aromatic rings. The summed E-state index contributed by atoms with van der Waals surface area (Å²) in [5.74, 6) is -4.09. The van der Waals surface area contributed by atoms with E-state index in [-0.39, 0.29) is 6.61 Å². The number of H-pyrrole nitrogens is 1. The first-order valence-electron chi connectivity index (χ1n) is 11.4. The van der Waals surface area contributed by atoms with Gasteiger partial charge in [0.05, 0.1) is 5.02 Å². The Morgan fingerprint density at radius 2 is 1.64 bits per heavy atom. The largest absolute Gasteiger partial charge is 0.487 e. The van der Waals surface area contributed by atoms with Crippen LogP contribution in [0.4, 0.5) is 0 Å². The van der Waals surface area contributed by atoms with Crippen LogP contribution in [-0.4, -0.2) is 22.7 Å². The Balaban J connectivity index is 1.53. The first-order chi connectivity index (χ1) is 17.2. The maximum absolute atomic E-state index is 13.1. The number of hydrogen-bond donors (Lipinski definition) is 1. The molecule has 0 radical (unpaired) electrons. The summed E-state index contributed by atoms with van der Waals surface area (Å²) < 4.78 is 16.8. The number of esters is 2. The van der Waals surface area contributed by atoms with Crippen molar-refractivity contribution in [2.45, 2.75) is 32.2 Å². The number of para-hydroxylation sites is 1. The monoisotopic (exact) mass is 523 g/mol. The molecule has 3 aromatic carbocycles. The fraction of sp³-hybridized carbons (Fsp3) is 0.214. The van der Waals surface area contributed by atoms with E-state index in [0.717, 1.165) is 22.0 Å². The average molecular weight is 524 g/mol. The molecule has 184 valence electrons. The van der Waals surface area contributed by atoms with Gasteiger partial charge in [-0.25, -0.2) is 0 Å². The minimum absolute atomic E-state index is 0.237. The highest BCUT2D eigenvalue weighted by Crippen LogP contribution is 2.42. The minimum atomic E-state index is -1.33. The molecule has 1 aliphatic heterocycles. The van der Waals surface area contributed by atoms with Gasteiger partial charge in [-0.3, -0.25) is 9.59 Å². The molecule has 1 N–H and O–H groups in total. The van der Waals surface area contributed by atoms with Gasteiger partial charge in [-0.1, -0.05) is 65.7 Å². The van der Waals surface area contributed by atoms with Crippen molar-refractivity contribution < 1.29 is 23.8 Å². The van der Waals surface area contributed by atoms with Crippen LogP contribution >= 0.6 is 23.2 Å². The van der Waals surface area contributed by atoms with E-state index >= 15 is 0 Å². The van der Waals surface area contributed by atoms with Crippen LogP contribution in [0.3, 0.4) is 0 Å². The first-order valence-corrected chi connectivity index (χ1v) is 12.2. The number of cyclic esters (lactones) is 2. The van der Waals surface area contributed by atoms with E-state index in [2.05, 4.69) is 4.98 Å². The lowest BCUT2D eigenvalue weighted by atomic mass is 9.80. The maximum Gasteiger partial charge on any atom is 0.324 e. The molecule has 1 atom stereocenters. The lowest BCUT2D eigenvalue weighted by molar-refractivity contribution is -0.240. The lowest BCUT2D eigenvalue weighted by Crippen LogP contribution is -2.48. The van der Waals surface area contributed by atoms with Crippen LogP contribution < -0.4 is 4.74 Å². The molecule has 36 heavy (non-hydrogen) atoms. The molecule has 1 fully saturated rings. The highest BCUT2D eigenvalue weighted by Gasteiger charge is 2.48. The normalized spacial score (nSPS) is 16.4.